The molecule has 2 unspecified atom stereocenters. The molecule has 1 aliphatic rings. The summed E-state index contributed by atoms with van der Waals surface area (Å²) in [5.74, 6) is -1.81. The maximum Gasteiger partial charge on any atom is 0.573 e. The number of piperidine rings is 1. The lowest BCUT2D eigenvalue weighted by Crippen LogP contribution is -2.39. The minimum atomic E-state index is -4.94. The standard InChI is InChI=1S/C37H39F3N2O7S2/c1-25(2)27-13-15-28(16-14-27)29-8-6-10-33(22-29)51(46,47)42-21-7-9-30(23-42)34-11-4-5-12-35(34)48-24-26(3)36(43)41-50(44,45)32-19-17-31(18-20-32)49-37(38,39)40/h4-6,8,10-20,22,25-26,30H,7,9,21,23-24H2,1-3H3,(H,41,43). The quantitative estimate of drug-likeness (QED) is 0.160. The number of hydrogen-bond acceptors (Lipinski definition) is 7. The van der Waals surface area contributed by atoms with E-state index in [9.17, 15) is 34.8 Å². The van der Waals surface area contributed by atoms with Gasteiger partial charge in [0.25, 0.3) is 10.0 Å². The first-order valence-electron chi connectivity index (χ1n) is 16.4. The lowest BCUT2D eigenvalue weighted by atomic mass is 9.91. The SMILES string of the molecule is CC(COc1ccccc1C1CCCN(S(=O)(=O)c2cccc(-c3ccc(C(C)C)cc3)c2)C1)C(=O)NS(=O)(=O)c1ccc(OC(F)(F)F)cc1. The van der Waals surface area contributed by atoms with Crippen LogP contribution in [0, 0.1) is 5.92 Å². The van der Waals surface area contributed by atoms with Gasteiger partial charge in [-0.1, -0.05) is 75.4 Å². The molecule has 0 spiro atoms. The fourth-order valence-corrected chi connectivity index (χ4v) is 8.46. The van der Waals surface area contributed by atoms with Crippen molar-refractivity contribution in [1.29, 1.82) is 0 Å². The number of ether oxygens (including phenoxy) is 2. The van der Waals surface area contributed by atoms with E-state index in [0.29, 0.717) is 31.1 Å². The van der Waals surface area contributed by atoms with Gasteiger partial charge in [-0.05, 0) is 83.5 Å². The Morgan fingerprint density at radius 2 is 1.55 bits per heavy atom. The summed E-state index contributed by atoms with van der Waals surface area (Å²) in [5.41, 5.74) is 3.69. The molecule has 0 aromatic heterocycles. The molecule has 9 nitrogen and oxygen atoms in total. The van der Waals surface area contributed by atoms with E-state index in [0.717, 1.165) is 41.0 Å². The minimum Gasteiger partial charge on any atom is -0.492 e. The molecule has 0 bridgehead atoms. The van der Waals surface area contributed by atoms with E-state index in [1.807, 2.05) is 47.2 Å². The van der Waals surface area contributed by atoms with Crippen LogP contribution in [0.15, 0.2) is 107 Å². The zero-order valence-corrected chi connectivity index (χ0v) is 29.9. The van der Waals surface area contributed by atoms with E-state index in [1.165, 1.54) is 16.8 Å². The first-order valence-corrected chi connectivity index (χ1v) is 19.3. The Hall–Kier alpha value is -4.40. The Kier molecular flexibility index (Phi) is 11.5. The highest BCUT2D eigenvalue weighted by atomic mass is 32.2. The second-order valence-electron chi connectivity index (χ2n) is 12.7. The smallest absolute Gasteiger partial charge is 0.492 e. The summed E-state index contributed by atoms with van der Waals surface area (Å²) in [6.45, 7) is 6.08. The van der Waals surface area contributed by atoms with Crippen molar-refractivity contribution in [3.05, 3.63) is 108 Å². The number of alkyl halides is 3. The molecule has 1 heterocycles. The lowest BCUT2D eigenvalue weighted by Gasteiger charge is -2.33. The van der Waals surface area contributed by atoms with Crippen molar-refractivity contribution < 1.29 is 44.3 Å². The van der Waals surface area contributed by atoms with E-state index in [4.69, 9.17) is 4.74 Å². The van der Waals surface area contributed by atoms with E-state index in [-0.39, 0.29) is 24.0 Å². The van der Waals surface area contributed by atoms with Crippen molar-refractivity contribution >= 4 is 26.0 Å². The van der Waals surface area contributed by atoms with Gasteiger partial charge in [0, 0.05) is 19.0 Å². The van der Waals surface area contributed by atoms with Crippen LogP contribution in [0.3, 0.4) is 0 Å². The Morgan fingerprint density at radius 1 is 0.863 bits per heavy atom. The van der Waals surface area contributed by atoms with Gasteiger partial charge in [-0.3, -0.25) is 4.79 Å². The number of amides is 1. The summed E-state index contributed by atoms with van der Waals surface area (Å²) in [4.78, 5) is 12.6. The van der Waals surface area contributed by atoms with Crippen LogP contribution in [0.1, 0.15) is 56.6 Å². The second kappa shape index (κ2) is 15.5. The molecule has 1 fully saturated rings. The van der Waals surface area contributed by atoms with Gasteiger partial charge >= 0.3 is 6.36 Å². The van der Waals surface area contributed by atoms with Crippen LogP contribution in [0.2, 0.25) is 0 Å². The van der Waals surface area contributed by atoms with Crippen LogP contribution in [0.25, 0.3) is 11.1 Å². The van der Waals surface area contributed by atoms with Crippen molar-refractivity contribution in [1.82, 2.24) is 9.03 Å². The molecule has 1 saturated heterocycles. The average molecular weight is 745 g/mol. The van der Waals surface area contributed by atoms with Crippen LogP contribution in [-0.2, 0) is 24.8 Å². The maximum atomic E-state index is 13.9. The number of benzene rings is 4. The van der Waals surface area contributed by atoms with Crippen molar-refractivity contribution in [3.8, 4) is 22.6 Å². The summed E-state index contributed by atoms with van der Waals surface area (Å²) in [6.07, 6.45) is -3.62. The summed E-state index contributed by atoms with van der Waals surface area (Å²) >= 11 is 0. The number of sulfonamides is 2. The number of nitrogens with one attached hydrogen (secondary N) is 1. The third kappa shape index (κ3) is 9.48. The molecule has 4 aromatic rings. The molecular weight excluding hydrogens is 706 g/mol. The highest BCUT2D eigenvalue weighted by Crippen LogP contribution is 2.36. The van der Waals surface area contributed by atoms with E-state index in [1.54, 1.807) is 30.3 Å². The second-order valence-corrected chi connectivity index (χ2v) is 16.4. The van der Waals surface area contributed by atoms with Crippen LogP contribution in [0.5, 0.6) is 11.5 Å². The Balaban J connectivity index is 1.23. The summed E-state index contributed by atoms with van der Waals surface area (Å²) in [5, 5.41) is 0. The summed E-state index contributed by atoms with van der Waals surface area (Å²) < 4.78 is 104. The minimum absolute atomic E-state index is 0.198. The first-order chi connectivity index (χ1) is 24.0. The molecule has 5 rings (SSSR count). The predicted octanol–water partition coefficient (Wildman–Crippen LogP) is 7.46. The van der Waals surface area contributed by atoms with E-state index >= 15 is 0 Å². The summed E-state index contributed by atoms with van der Waals surface area (Å²) in [6, 6.07) is 25.6. The molecule has 1 amide bonds. The van der Waals surface area contributed by atoms with Gasteiger partial charge in [-0.15, -0.1) is 13.2 Å². The largest absolute Gasteiger partial charge is 0.573 e. The van der Waals surface area contributed by atoms with Gasteiger partial charge in [0.15, 0.2) is 0 Å². The molecule has 0 aliphatic carbocycles. The number of halogens is 3. The van der Waals surface area contributed by atoms with Gasteiger partial charge in [0.2, 0.25) is 15.9 Å². The molecule has 1 N–H and O–H groups in total. The fourth-order valence-electron chi connectivity index (χ4n) is 5.81. The number of para-hydroxylation sites is 1. The van der Waals surface area contributed by atoms with Crippen molar-refractivity contribution in [2.45, 2.75) is 61.6 Å². The molecule has 0 radical (unpaired) electrons. The molecular formula is C37H39F3N2O7S2. The Labute approximate surface area is 296 Å². The number of rotatable bonds is 12. The highest BCUT2D eigenvalue weighted by molar-refractivity contribution is 7.90. The predicted molar refractivity (Wildman–Crippen MR) is 186 cm³/mol. The van der Waals surface area contributed by atoms with Crippen molar-refractivity contribution in [3.63, 3.8) is 0 Å². The Morgan fingerprint density at radius 3 is 2.22 bits per heavy atom. The lowest BCUT2D eigenvalue weighted by molar-refractivity contribution is -0.274. The van der Waals surface area contributed by atoms with Crippen LogP contribution in [-0.4, -0.2) is 53.1 Å². The number of carbonyl (C=O) groups excluding carboxylic acids is 1. The molecule has 1 aliphatic heterocycles. The monoisotopic (exact) mass is 744 g/mol. The average Bonchev–Trinajstić information content (AvgIpc) is 3.10. The molecule has 0 saturated carbocycles. The van der Waals surface area contributed by atoms with Crippen molar-refractivity contribution in [2.24, 2.45) is 5.92 Å². The summed E-state index contributed by atoms with van der Waals surface area (Å²) in [7, 11) is -8.22. The van der Waals surface area contributed by atoms with E-state index in [2.05, 4.69) is 18.6 Å². The molecule has 272 valence electrons. The van der Waals surface area contributed by atoms with Gasteiger partial charge in [-0.2, -0.15) is 4.31 Å². The van der Waals surface area contributed by atoms with Crippen LogP contribution in [0.4, 0.5) is 13.2 Å². The Bertz CT molecular complexity index is 2050. The molecule has 2 atom stereocenters. The van der Waals surface area contributed by atoms with Gasteiger partial charge < -0.3 is 9.47 Å². The number of carbonyl (C=O) groups is 1. The zero-order chi connectivity index (χ0) is 37.0. The molecule has 51 heavy (non-hydrogen) atoms. The molecule has 4 aromatic carbocycles. The number of hydrogen-bond donors (Lipinski definition) is 1. The van der Waals surface area contributed by atoms with E-state index < -0.39 is 48.9 Å². The maximum absolute atomic E-state index is 13.9. The van der Waals surface area contributed by atoms with Crippen molar-refractivity contribution in [2.75, 3.05) is 19.7 Å². The normalized spacial score (nSPS) is 16.4. The first kappa shape index (κ1) is 37.8. The number of nitrogens with zero attached hydrogens (tertiary/aromatic N) is 1. The topological polar surface area (TPSA) is 119 Å². The third-order valence-corrected chi connectivity index (χ3v) is 11.9. The zero-order valence-electron chi connectivity index (χ0n) is 28.3. The fraction of sp³-hybridized carbons (Fsp3) is 0.324. The molecule has 14 heteroatoms. The van der Waals surface area contributed by atoms with Crippen LogP contribution >= 0.6 is 0 Å². The van der Waals surface area contributed by atoms with Gasteiger partial charge in [-0.25, -0.2) is 21.6 Å². The van der Waals surface area contributed by atoms with Crippen LogP contribution < -0.4 is 14.2 Å². The highest BCUT2D eigenvalue weighted by Gasteiger charge is 2.33. The van der Waals surface area contributed by atoms with Gasteiger partial charge in [0.1, 0.15) is 11.5 Å². The van der Waals surface area contributed by atoms with Gasteiger partial charge in [0.05, 0.1) is 22.3 Å². The third-order valence-electron chi connectivity index (χ3n) is 8.66.